The minimum atomic E-state index is -0.818. The summed E-state index contributed by atoms with van der Waals surface area (Å²) in [5.41, 5.74) is 6.92. The number of fused-ring (bicyclic) bond motifs is 1. The number of thioether (sulfide) groups is 1. The van der Waals surface area contributed by atoms with Gasteiger partial charge in [-0.15, -0.1) is 11.8 Å². The lowest BCUT2D eigenvalue weighted by molar-refractivity contribution is -0.384. The molecule has 2 aliphatic rings. The second-order valence-electron chi connectivity index (χ2n) is 5.56. The van der Waals surface area contributed by atoms with Crippen LogP contribution in [0, 0.1) is 10.1 Å². The monoisotopic (exact) mass is 349 g/mol. The van der Waals surface area contributed by atoms with Gasteiger partial charge in [-0.05, 0) is 23.3 Å². The number of carbonyl (C=O) groups is 2. The van der Waals surface area contributed by atoms with Crippen molar-refractivity contribution < 1.29 is 19.2 Å². The van der Waals surface area contributed by atoms with E-state index in [1.165, 1.54) is 40.9 Å². The van der Waals surface area contributed by atoms with Crippen molar-refractivity contribution in [2.24, 2.45) is 5.73 Å². The summed E-state index contributed by atoms with van der Waals surface area (Å²) in [6.45, 7) is 3.81. The van der Waals surface area contributed by atoms with Crippen LogP contribution in [0.2, 0.25) is 0 Å². The number of carbonyl (C=O) groups excluding carboxylic acids is 2. The summed E-state index contributed by atoms with van der Waals surface area (Å²) in [4.78, 5) is 35.8. The molecule has 3 atom stereocenters. The first kappa shape index (κ1) is 16.5. The zero-order chi connectivity index (χ0) is 17.4. The summed E-state index contributed by atoms with van der Waals surface area (Å²) in [6.07, 6.45) is 0. The Labute approximate surface area is 141 Å². The molecule has 2 saturated heterocycles. The van der Waals surface area contributed by atoms with Gasteiger partial charge < -0.3 is 15.4 Å². The molecule has 2 N–H and O–H groups in total. The molecule has 3 rings (SSSR count). The first-order chi connectivity index (χ1) is 11.4. The smallest absolute Gasteiger partial charge is 0.333 e. The van der Waals surface area contributed by atoms with Crippen LogP contribution >= 0.6 is 11.8 Å². The SMILES string of the molecule is C=C1CSC2C(N)C(=O)N2C1C(=O)OCc1ccc([N+](=O)[O-])cc1. The number of nitro groups is 1. The summed E-state index contributed by atoms with van der Waals surface area (Å²) < 4.78 is 5.26. The van der Waals surface area contributed by atoms with Crippen molar-refractivity contribution in [3.05, 3.63) is 52.1 Å². The van der Waals surface area contributed by atoms with E-state index in [9.17, 15) is 19.7 Å². The largest absolute Gasteiger partial charge is 0.459 e. The van der Waals surface area contributed by atoms with Crippen LogP contribution in [0.5, 0.6) is 0 Å². The fourth-order valence-electron chi connectivity index (χ4n) is 2.66. The Kier molecular flexibility index (Phi) is 4.29. The first-order valence-corrected chi connectivity index (χ1v) is 8.22. The molecule has 1 aromatic rings. The Morgan fingerprint density at radius 2 is 2.12 bits per heavy atom. The van der Waals surface area contributed by atoms with E-state index in [1.807, 2.05) is 0 Å². The molecule has 2 aliphatic heterocycles. The van der Waals surface area contributed by atoms with Crippen LogP contribution in [-0.4, -0.2) is 44.9 Å². The van der Waals surface area contributed by atoms with Crippen molar-refractivity contribution in [3.63, 3.8) is 0 Å². The van der Waals surface area contributed by atoms with E-state index < -0.39 is 23.0 Å². The van der Waals surface area contributed by atoms with Gasteiger partial charge in [0.25, 0.3) is 5.69 Å². The van der Waals surface area contributed by atoms with Gasteiger partial charge in [-0.2, -0.15) is 0 Å². The topological polar surface area (TPSA) is 116 Å². The maximum Gasteiger partial charge on any atom is 0.333 e. The number of nitro benzene ring substituents is 1. The number of hydrogen-bond donors (Lipinski definition) is 1. The maximum absolute atomic E-state index is 12.4. The molecule has 126 valence electrons. The van der Waals surface area contributed by atoms with Gasteiger partial charge in [0.1, 0.15) is 18.0 Å². The normalized spacial score (nSPS) is 25.7. The number of β-lactam (4-membered cyclic amide) rings is 1. The minimum absolute atomic E-state index is 0.0352. The number of esters is 1. The summed E-state index contributed by atoms with van der Waals surface area (Å²) >= 11 is 1.48. The summed E-state index contributed by atoms with van der Waals surface area (Å²) in [7, 11) is 0. The molecule has 0 spiro atoms. The highest BCUT2D eigenvalue weighted by Crippen LogP contribution is 2.39. The summed E-state index contributed by atoms with van der Waals surface area (Å²) in [6, 6.07) is 4.31. The van der Waals surface area contributed by atoms with Gasteiger partial charge in [-0.25, -0.2) is 4.79 Å². The number of non-ortho nitro benzene ring substituents is 1. The maximum atomic E-state index is 12.4. The van der Waals surface area contributed by atoms with E-state index in [0.29, 0.717) is 16.9 Å². The third kappa shape index (κ3) is 2.76. The quantitative estimate of drug-likeness (QED) is 0.281. The van der Waals surface area contributed by atoms with Gasteiger partial charge in [-0.3, -0.25) is 14.9 Å². The fourth-order valence-corrected chi connectivity index (χ4v) is 3.92. The van der Waals surface area contributed by atoms with Crippen molar-refractivity contribution in [2.75, 3.05) is 5.75 Å². The molecular weight excluding hydrogens is 334 g/mol. The predicted molar refractivity (Wildman–Crippen MR) is 86.9 cm³/mol. The van der Waals surface area contributed by atoms with Crippen molar-refractivity contribution in [1.29, 1.82) is 0 Å². The van der Waals surface area contributed by atoms with Gasteiger partial charge in [0, 0.05) is 17.9 Å². The van der Waals surface area contributed by atoms with Crippen molar-refractivity contribution >= 4 is 29.3 Å². The average molecular weight is 349 g/mol. The third-order valence-electron chi connectivity index (χ3n) is 3.98. The second-order valence-corrected chi connectivity index (χ2v) is 6.67. The molecule has 2 heterocycles. The Morgan fingerprint density at radius 1 is 1.46 bits per heavy atom. The molecule has 24 heavy (non-hydrogen) atoms. The third-order valence-corrected chi connectivity index (χ3v) is 5.38. The predicted octanol–water partition coefficient (Wildman–Crippen LogP) is 0.805. The van der Waals surface area contributed by atoms with Gasteiger partial charge in [0.15, 0.2) is 6.04 Å². The fraction of sp³-hybridized carbons (Fsp3) is 0.333. The zero-order valence-electron chi connectivity index (χ0n) is 12.6. The Morgan fingerprint density at radius 3 is 2.75 bits per heavy atom. The number of nitrogens with zero attached hydrogens (tertiary/aromatic N) is 2. The van der Waals surface area contributed by atoms with E-state index in [4.69, 9.17) is 10.5 Å². The highest BCUT2D eigenvalue weighted by atomic mass is 32.2. The van der Waals surface area contributed by atoms with Crippen molar-refractivity contribution in [1.82, 2.24) is 4.90 Å². The zero-order valence-corrected chi connectivity index (χ0v) is 13.4. The number of amides is 1. The lowest BCUT2D eigenvalue weighted by Crippen LogP contribution is -2.73. The van der Waals surface area contributed by atoms with Crippen LogP contribution in [0.4, 0.5) is 5.69 Å². The van der Waals surface area contributed by atoms with E-state index in [-0.39, 0.29) is 23.6 Å². The molecule has 0 bridgehead atoms. The molecule has 3 unspecified atom stereocenters. The van der Waals surface area contributed by atoms with E-state index in [0.717, 1.165) is 0 Å². The Bertz CT molecular complexity index is 720. The van der Waals surface area contributed by atoms with Gasteiger partial charge in [0.2, 0.25) is 5.91 Å². The molecule has 0 radical (unpaired) electrons. The van der Waals surface area contributed by atoms with Gasteiger partial charge in [-0.1, -0.05) is 6.58 Å². The van der Waals surface area contributed by atoms with Crippen LogP contribution in [0.1, 0.15) is 5.56 Å². The van der Waals surface area contributed by atoms with Crippen molar-refractivity contribution in [3.8, 4) is 0 Å². The molecule has 8 nitrogen and oxygen atoms in total. The molecule has 1 amide bonds. The van der Waals surface area contributed by atoms with Gasteiger partial charge >= 0.3 is 5.97 Å². The van der Waals surface area contributed by atoms with E-state index in [1.54, 1.807) is 0 Å². The number of ether oxygens (including phenoxy) is 1. The van der Waals surface area contributed by atoms with Crippen LogP contribution < -0.4 is 5.73 Å². The molecule has 1 aromatic carbocycles. The number of rotatable bonds is 4. The molecule has 0 aromatic heterocycles. The lowest BCUT2D eigenvalue weighted by Gasteiger charge is -2.51. The van der Waals surface area contributed by atoms with E-state index >= 15 is 0 Å². The Hall–Kier alpha value is -2.39. The van der Waals surface area contributed by atoms with Crippen LogP contribution in [-0.2, 0) is 20.9 Å². The molecule has 2 fully saturated rings. The van der Waals surface area contributed by atoms with Crippen LogP contribution in [0.3, 0.4) is 0 Å². The number of nitrogens with two attached hydrogens (primary N) is 1. The second kappa shape index (κ2) is 6.25. The van der Waals surface area contributed by atoms with E-state index in [2.05, 4.69) is 6.58 Å². The van der Waals surface area contributed by atoms with Crippen LogP contribution in [0.25, 0.3) is 0 Å². The summed E-state index contributed by atoms with van der Waals surface area (Å²) in [5.74, 6) is -0.311. The highest BCUT2D eigenvalue weighted by molar-refractivity contribution is 8.00. The van der Waals surface area contributed by atoms with Gasteiger partial charge in [0.05, 0.1) is 4.92 Å². The molecular formula is C15H15N3O5S. The lowest BCUT2D eigenvalue weighted by atomic mass is 9.99. The standard InChI is InChI=1S/C15H15N3O5S/c1-8-7-24-14-11(16)13(19)17(14)12(8)15(20)23-6-9-2-4-10(5-3-9)18(21)22/h2-5,11-12,14H,1,6-7,16H2. The first-order valence-electron chi connectivity index (χ1n) is 7.17. The molecule has 9 heteroatoms. The van der Waals surface area contributed by atoms with Crippen LogP contribution in [0.15, 0.2) is 36.4 Å². The highest BCUT2D eigenvalue weighted by Gasteiger charge is 2.54. The summed E-state index contributed by atoms with van der Waals surface area (Å²) in [5, 5.41) is 10.4. The number of benzene rings is 1. The Balaban J connectivity index is 1.64. The number of hydrogen-bond acceptors (Lipinski definition) is 7. The minimum Gasteiger partial charge on any atom is -0.459 e. The molecule has 0 saturated carbocycles. The average Bonchev–Trinajstić information content (AvgIpc) is 2.59. The molecule has 0 aliphatic carbocycles. The van der Waals surface area contributed by atoms with Crippen molar-refractivity contribution in [2.45, 2.75) is 24.1 Å².